The highest BCUT2D eigenvalue weighted by atomic mass is 16.3. The standard InChI is InChI=1S/C16H18O/c1-4-13-5-6-15(17)10-16(13)14-8-11(2)7-12(3)9-14/h5-10,17H,4H2,1-3H3. The summed E-state index contributed by atoms with van der Waals surface area (Å²) in [5, 5.41) is 9.63. The van der Waals surface area contributed by atoms with Gasteiger partial charge in [-0.15, -0.1) is 0 Å². The first kappa shape index (κ1) is 11.7. The second kappa shape index (κ2) is 4.62. The minimum Gasteiger partial charge on any atom is -0.508 e. The molecule has 0 fully saturated rings. The number of rotatable bonds is 2. The Morgan fingerprint density at radius 3 is 2.18 bits per heavy atom. The smallest absolute Gasteiger partial charge is 0.116 e. The van der Waals surface area contributed by atoms with Crippen molar-refractivity contribution in [2.45, 2.75) is 27.2 Å². The molecule has 0 saturated heterocycles. The van der Waals surface area contributed by atoms with Gasteiger partial charge >= 0.3 is 0 Å². The summed E-state index contributed by atoms with van der Waals surface area (Å²) in [7, 11) is 0. The number of phenols is 1. The summed E-state index contributed by atoms with van der Waals surface area (Å²) in [6.07, 6.45) is 0.975. The monoisotopic (exact) mass is 226 g/mol. The van der Waals surface area contributed by atoms with Crippen LogP contribution in [0.4, 0.5) is 0 Å². The second-order valence-electron chi connectivity index (χ2n) is 4.57. The molecule has 0 bridgehead atoms. The molecule has 0 radical (unpaired) electrons. The van der Waals surface area contributed by atoms with Gasteiger partial charge in [0.25, 0.3) is 0 Å². The zero-order valence-corrected chi connectivity index (χ0v) is 10.6. The summed E-state index contributed by atoms with van der Waals surface area (Å²) in [6.45, 7) is 6.34. The van der Waals surface area contributed by atoms with Crippen molar-refractivity contribution >= 4 is 0 Å². The molecule has 1 N–H and O–H groups in total. The molecule has 0 spiro atoms. The van der Waals surface area contributed by atoms with Gasteiger partial charge in [-0.25, -0.2) is 0 Å². The first-order valence-electron chi connectivity index (χ1n) is 6.00. The third-order valence-corrected chi connectivity index (χ3v) is 3.01. The topological polar surface area (TPSA) is 20.2 Å². The highest BCUT2D eigenvalue weighted by Crippen LogP contribution is 2.29. The molecule has 88 valence electrons. The Morgan fingerprint density at radius 2 is 1.59 bits per heavy atom. The van der Waals surface area contributed by atoms with Gasteiger partial charge in [0.15, 0.2) is 0 Å². The van der Waals surface area contributed by atoms with Crippen molar-refractivity contribution in [1.82, 2.24) is 0 Å². The lowest BCUT2D eigenvalue weighted by molar-refractivity contribution is 0.475. The number of benzene rings is 2. The lowest BCUT2D eigenvalue weighted by atomic mass is 9.95. The predicted molar refractivity (Wildman–Crippen MR) is 72.4 cm³/mol. The Morgan fingerprint density at radius 1 is 0.941 bits per heavy atom. The largest absolute Gasteiger partial charge is 0.508 e. The molecule has 0 atom stereocenters. The van der Waals surface area contributed by atoms with Crippen molar-refractivity contribution in [3.05, 3.63) is 53.1 Å². The van der Waals surface area contributed by atoms with Crippen LogP contribution in [0.15, 0.2) is 36.4 Å². The van der Waals surface area contributed by atoms with Gasteiger partial charge in [0.1, 0.15) is 5.75 Å². The first-order chi connectivity index (χ1) is 8.10. The summed E-state index contributed by atoms with van der Waals surface area (Å²) >= 11 is 0. The highest BCUT2D eigenvalue weighted by Gasteiger charge is 2.06. The van der Waals surface area contributed by atoms with E-state index >= 15 is 0 Å². The van der Waals surface area contributed by atoms with Gasteiger partial charge in [0, 0.05) is 0 Å². The predicted octanol–water partition coefficient (Wildman–Crippen LogP) is 4.24. The number of aromatic hydroxyl groups is 1. The maximum Gasteiger partial charge on any atom is 0.116 e. The lowest BCUT2D eigenvalue weighted by Crippen LogP contribution is -1.89. The fourth-order valence-electron chi connectivity index (χ4n) is 2.27. The molecule has 0 saturated carbocycles. The molecule has 0 aliphatic carbocycles. The van der Waals surface area contributed by atoms with Crippen LogP contribution in [-0.2, 0) is 6.42 Å². The molecule has 2 rings (SSSR count). The van der Waals surface area contributed by atoms with Crippen molar-refractivity contribution in [3.8, 4) is 16.9 Å². The maximum atomic E-state index is 9.63. The molecule has 1 nitrogen and oxygen atoms in total. The van der Waals surface area contributed by atoms with Crippen LogP contribution < -0.4 is 0 Å². The van der Waals surface area contributed by atoms with E-state index in [0.717, 1.165) is 12.0 Å². The molecule has 0 unspecified atom stereocenters. The van der Waals surface area contributed by atoms with E-state index in [4.69, 9.17) is 0 Å². The maximum absolute atomic E-state index is 9.63. The SMILES string of the molecule is CCc1ccc(O)cc1-c1cc(C)cc(C)c1. The van der Waals surface area contributed by atoms with Gasteiger partial charge in [-0.3, -0.25) is 0 Å². The van der Waals surface area contributed by atoms with Gasteiger partial charge in [-0.05, 0) is 49.1 Å². The van der Waals surface area contributed by atoms with Crippen LogP contribution in [0, 0.1) is 13.8 Å². The highest BCUT2D eigenvalue weighted by molar-refractivity contribution is 5.70. The van der Waals surface area contributed by atoms with Crippen molar-refractivity contribution in [2.24, 2.45) is 0 Å². The normalized spacial score (nSPS) is 10.5. The third kappa shape index (κ3) is 2.50. The van der Waals surface area contributed by atoms with E-state index in [9.17, 15) is 5.11 Å². The van der Waals surface area contributed by atoms with E-state index < -0.39 is 0 Å². The van der Waals surface area contributed by atoms with Crippen molar-refractivity contribution in [1.29, 1.82) is 0 Å². The van der Waals surface area contributed by atoms with Crippen LogP contribution in [-0.4, -0.2) is 5.11 Å². The zero-order chi connectivity index (χ0) is 12.4. The molecule has 17 heavy (non-hydrogen) atoms. The second-order valence-corrected chi connectivity index (χ2v) is 4.57. The number of hydrogen-bond donors (Lipinski definition) is 1. The average molecular weight is 226 g/mol. The quantitative estimate of drug-likeness (QED) is 0.812. The van der Waals surface area contributed by atoms with Gasteiger partial charge in [0.2, 0.25) is 0 Å². The lowest BCUT2D eigenvalue weighted by Gasteiger charge is -2.10. The van der Waals surface area contributed by atoms with Crippen LogP contribution in [0.1, 0.15) is 23.6 Å². The van der Waals surface area contributed by atoms with Gasteiger partial charge in [-0.2, -0.15) is 0 Å². The molecule has 0 amide bonds. The summed E-state index contributed by atoms with van der Waals surface area (Å²) in [4.78, 5) is 0. The molecule has 2 aromatic rings. The molecule has 0 aliphatic heterocycles. The minimum absolute atomic E-state index is 0.330. The van der Waals surface area contributed by atoms with E-state index in [-0.39, 0.29) is 0 Å². The average Bonchev–Trinajstić information content (AvgIpc) is 2.27. The Bertz CT molecular complexity index is 521. The molecule has 0 aromatic heterocycles. The Kier molecular flexibility index (Phi) is 3.19. The Labute approximate surface area is 103 Å². The van der Waals surface area contributed by atoms with E-state index in [2.05, 4.69) is 39.0 Å². The fourth-order valence-corrected chi connectivity index (χ4v) is 2.27. The van der Waals surface area contributed by atoms with Crippen molar-refractivity contribution < 1.29 is 5.11 Å². The van der Waals surface area contributed by atoms with Crippen molar-refractivity contribution in [2.75, 3.05) is 0 Å². The van der Waals surface area contributed by atoms with Crippen LogP contribution in [0.3, 0.4) is 0 Å². The fraction of sp³-hybridized carbons (Fsp3) is 0.250. The number of hydrogen-bond acceptors (Lipinski definition) is 1. The van der Waals surface area contributed by atoms with Crippen LogP contribution in [0.2, 0.25) is 0 Å². The Balaban J connectivity index is 2.62. The number of aryl methyl sites for hydroxylation is 3. The van der Waals surface area contributed by atoms with E-state index in [1.165, 1.54) is 22.3 Å². The summed E-state index contributed by atoms with van der Waals surface area (Å²) < 4.78 is 0. The summed E-state index contributed by atoms with van der Waals surface area (Å²) in [5.41, 5.74) is 6.11. The third-order valence-electron chi connectivity index (χ3n) is 3.01. The first-order valence-corrected chi connectivity index (χ1v) is 6.00. The van der Waals surface area contributed by atoms with Gasteiger partial charge < -0.3 is 5.11 Å². The van der Waals surface area contributed by atoms with Crippen LogP contribution >= 0.6 is 0 Å². The minimum atomic E-state index is 0.330. The van der Waals surface area contributed by atoms with Crippen LogP contribution in [0.5, 0.6) is 5.75 Å². The molecule has 2 aromatic carbocycles. The van der Waals surface area contributed by atoms with Gasteiger partial charge in [-0.1, -0.05) is 42.3 Å². The molecule has 0 aliphatic rings. The molecule has 1 heteroatoms. The zero-order valence-electron chi connectivity index (χ0n) is 10.6. The van der Waals surface area contributed by atoms with E-state index in [0.29, 0.717) is 5.75 Å². The van der Waals surface area contributed by atoms with Crippen molar-refractivity contribution in [3.63, 3.8) is 0 Å². The molecular formula is C16H18O. The summed E-state index contributed by atoms with van der Waals surface area (Å²) in [6, 6.07) is 12.1. The molecular weight excluding hydrogens is 208 g/mol. The van der Waals surface area contributed by atoms with E-state index in [1.54, 1.807) is 6.07 Å². The number of phenolic OH excluding ortho intramolecular Hbond substituents is 1. The Hall–Kier alpha value is -1.76. The van der Waals surface area contributed by atoms with E-state index in [1.807, 2.05) is 12.1 Å². The summed E-state index contributed by atoms with van der Waals surface area (Å²) in [5.74, 6) is 0.330. The molecule has 0 heterocycles. The van der Waals surface area contributed by atoms with Crippen LogP contribution in [0.25, 0.3) is 11.1 Å². The van der Waals surface area contributed by atoms with Gasteiger partial charge in [0.05, 0.1) is 0 Å².